The summed E-state index contributed by atoms with van der Waals surface area (Å²) in [6, 6.07) is 13.1. The van der Waals surface area contributed by atoms with Crippen molar-refractivity contribution in [3.63, 3.8) is 0 Å². The maximum Gasteiger partial charge on any atom is 0.147 e. The third-order valence-electron chi connectivity index (χ3n) is 2.63. The first-order valence-electron chi connectivity index (χ1n) is 5.89. The highest BCUT2D eigenvalue weighted by atomic mass is 79.9. The fourth-order valence-corrected chi connectivity index (χ4v) is 3.57. The second-order valence-electron chi connectivity index (χ2n) is 4.16. The first-order chi connectivity index (χ1) is 9.56. The zero-order chi connectivity index (χ0) is 14.5. The molecule has 2 rings (SSSR count). The Morgan fingerprint density at radius 2 is 1.75 bits per heavy atom. The molecule has 0 saturated heterocycles. The monoisotopic (exact) mass is 388 g/mol. The summed E-state index contributed by atoms with van der Waals surface area (Å²) in [4.78, 5) is 13.1. The van der Waals surface area contributed by atoms with Gasteiger partial charge in [-0.2, -0.15) is 0 Å². The summed E-state index contributed by atoms with van der Waals surface area (Å²) in [6.45, 7) is 0. The van der Waals surface area contributed by atoms with Crippen LogP contribution in [0.15, 0.2) is 51.8 Å². The molecule has 0 bridgehead atoms. The summed E-state index contributed by atoms with van der Waals surface area (Å²) in [5.74, 6) is 0.503. The topological polar surface area (TPSA) is 17.1 Å². The molecule has 20 heavy (non-hydrogen) atoms. The number of rotatable bonds is 5. The molecule has 0 unspecified atom stereocenters. The molecule has 0 spiro atoms. The fraction of sp³-hybridized carbons (Fsp3) is 0.133. The van der Waals surface area contributed by atoms with Gasteiger partial charge in [0.25, 0.3) is 0 Å². The summed E-state index contributed by atoms with van der Waals surface area (Å²) < 4.78 is 1.00. The van der Waals surface area contributed by atoms with E-state index in [1.54, 1.807) is 18.2 Å². The van der Waals surface area contributed by atoms with Gasteiger partial charge in [0.1, 0.15) is 5.78 Å². The van der Waals surface area contributed by atoms with Crippen molar-refractivity contribution in [3.05, 3.63) is 62.5 Å². The van der Waals surface area contributed by atoms with E-state index < -0.39 is 0 Å². The predicted octanol–water partition coefficient (Wildman–Crippen LogP) is 5.66. The second-order valence-corrected chi connectivity index (χ2v) is 6.94. The Morgan fingerprint density at radius 1 is 1.10 bits per heavy atom. The SMILES string of the molecule is O=C(CSc1cccc(Br)c1)Cc1c(Cl)cccc1Cl. The van der Waals surface area contributed by atoms with Crippen LogP contribution in [0.25, 0.3) is 0 Å². The van der Waals surface area contributed by atoms with Crippen LogP contribution < -0.4 is 0 Å². The van der Waals surface area contributed by atoms with Gasteiger partial charge in [0.2, 0.25) is 0 Å². The van der Waals surface area contributed by atoms with Crippen LogP contribution in [-0.2, 0) is 11.2 Å². The molecule has 104 valence electrons. The van der Waals surface area contributed by atoms with Crippen molar-refractivity contribution >= 4 is 56.7 Å². The first kappa shape index (κ1) is 15.9. The van der Waals surface area contributed by atoms with Gasteiger partial charge in [-0.25, -0.2) is 0 Å². The van der Waals surface area contributed by atoms with Crippen LogP contribution in [0.3, 0.4) is 0 Å². The van der Waals surface area contributed by atoms with E-state index in [-0.39, 0.29) is 12.2 Å². The molecule has 0 atom stereocenters. The standard InChI is InChI=1S/C15H11BrCl2OS/c16-10-3-1-4-12(7-10)20-9-11(19)8-13-14(17)5-2-6-15(13)18/h1-7H,8-9H2. The maximum absolute atomic E-state index is 12.0. The van der Waals surface area contributed by atoms with Crippen molar-refractivity contribution in [2.24, 2.45) is 0 Å². The van der Waals surface area contributed by atoms with Crippen LogP contribution >= 0.6 is 50.9 Å². The summed E-state index contributed by atoms with van der Waals surface area (Å²) >= 11 is 17.0. The van der Waals surface area contributed by atoms with E-state index in [4.69, 9.17) is 23.2 Å². The van der Waals surface area contributed by atoms with Gasteiger partial charge in [-0.3, -0.25) is 4.79 Å². The minimum atomic E-state index is 0.102. The normalized spacial score (nSPS) is 10.6. The summed E-state index contributed by atoms with van der Waals surface area (Å²) in [6.07, 6.45) is 0.263. The largest absolute Gasteiger partial charge is 0.298 e. The molecule has 0 amide bonds. The molecule has 2 aromatic carbocycles. The smallest absolute Gasteiger partial charge is 0.147 e. The van der Waals surface area contributed by atoms with Gasteiger partial charge in [-0.1, -0.05) is 51.3 Å². The number of thioether (sulfide) groups is 1. The van der Waals surface area contributed by atoms with Crippen molar-refractivity contribution < 1.29 is 4.79 Å². The molecule has 0 aliphatic carbocycles. The summed E-state index contributed by atoms with van der Waals surface area (Å²) in [5, 5.41) is 1.08. The Hall–Kier alpha value is -0.480. The quantitative estimate of drug-likeness (QED) is 0.613. The maximum atomic E-state index is 12.0. The van der Waals surface area contributed by atoms with Gasteiger partial charge in [-0.15, -0.1) is 11.8 Å². The van der Waals surface area contributed by atoms with Crippen molar-refractivity contribution in [1.29, 1.82) is 0 Å². The van der Waals surface area contributed by atoms with E-state index in [2.05, 4.69) is 15.9 Å². The number of carbonyl (C=O) groups is 1. The van der Waals surface area contributed by atoms with E-state index in [0.717, 1.165) is 9.37 Å². The molecule has 2 aromatic rings. The molecule has 0 radical (unpaired) electrons. The highest BCUT2D eigenvalue weighted by molar-refractivity contribution is 9.10. The zero-order valence-corrected chi connectivity index (χ0v) is 14.3. The minimum absolute atomic E-state index is 0.102. The lowest BCUT2D eigenvalue weighted by Crippen LogP contribution is -2.06. The Kier molecular flexibility index (Phi) is 5.97. The lowest BCUT2D eigenvalue weighted by atomic mass is 10.1. The molecule has 1 nitrogen and oxygen atoms in total. The summed E-state index contributed by atoms with van der Waals surface area (Å²) in [5.41, 5.74) is 0.704. The van der Waals surface area contributed by atoms with Crippen LogP contribution in [0.2, 0.25) is 10.0 Å². The molecule has 0 aromatic heterocycles. The third kappa shape index (κ3) is 4.52. The first-order valence-corrected chi connectivity index (χ1v) is 8.42. The molecule has 0 N–H and O–H groups in total. The van der Waals surface area contributed by atoms with Crippen molar-refractivity contribution in [2.75, 3.05) is 5.75 Å². The van der Waals surface area contributed by atoms with Crippen LogP contribution in [0.1, 0.15) is 5.56 Å². The molecular formula is C15H11BrCl2OS. The van der Waals surface area contributed by atoms with Crippen molar-refractivity contribution in [1.82, 2.24) is 0 Å². The summed E-state index contributed by atoms with van der Waals surface area (Å²) in [7, 11) is 0. The highest BCUT2D eigenvalue weighted by Gasteiger charge is 2.11. The average Bonchev–Trinajstić information content (AvgIpc) is 2.41. The van der Waals surface area contributed by atoms with E-state index in [9.17, 15) is 4.79 Å². The third-order valence-corrected chi connectivity index (χ3v) is 4.89. The number of hydrogen-bond acceptors (Lipinski definition) is 2. The number of benzene rings is 2. The Bertz CT molecular complexity index is 611. The predicted molar refractivity (Wildman–Crippen MR) is 90.0 cm³/mol. The van der Waals surface area contributed by atoms with Crippen LogP contribution in [-0.4, -0.2) is 11.5 Å². The molecule has 0 aliphatic heterocycles. The van der Waals surface area contributed by atoms with Gasteiger partial charge >= 0.3 is 0 Å². The second kappa shape index (κ2) is 7.51. The average molecular weight is 390 g/mol. The molecule has 0 fully saturated rings. The van der Waals surface area contributed by atoms with Gasteiger partial charge in [-0.05, 0) is 35.9 Å². The van der Waals surface area contributed by atoms with E-state index in [0.29, 0.717) is 21.4 Å². The molecule has 0 aliphatic rings. The minimum Gasteiger partial charge on any atom is -0.298 e. The fourth-order valence-electron chi connectivity index (χ4n) is 1.67. The van der Waals surface area contributed by atoms with Crippen molar-refractivity contribution in [2.45, 2.75) is 11.3 Å². The lowest BCUT2D eigenvalue weighted by Gasteiger charge is -2.06. The van der Waals surface area contributed by atoms with Crippen LogP contribution in [0, 0.1) is 0 Å². The van der Waals surface area contributed by atoms with Crippen LogP contribution in [0.4, 0.5) is 0 Å². The zero-order valence-electron chi connectivity index (χ0n) is 10.4. The molecule has 0 heterocycles. The number of hydrogen-bond donors (Lipinski definition) is 0. The van der Waals surface area contributed by atoms with Gasteiger partial charge in [0.05, 0.1) is 5.75 Å². The van der Waals surface area contributed by atoms with E-state index >= 15 is 0 Å². The van der Waals surface area contributed by atoms with Crippen molar-refractivity contribution in [3.8, 4) is 0 Å². The Morgan fingerprint density at radius 3 is 2.40 bits per heavy atom. The van der Waals surface area contributed by atoms with Gasteiger partial charge in [0, 0.05) is 25.8 Å². The molecule has 5 heteroatoms. The van der Waals surface area contributed by atoms with Gasteiger partial charge in [0.15, 0.2) is 0 Å². The Labute approximate surface area is 140 Å². The molecule has 0 saturated carbocycles. The number of carbonyl (C=O) groups excluding carboxylic acids is 1. The lowest BCUT2D eigenvalue weighted by molar-refractivity contribution is -0.116. The van der Waals surface area contributed by atoms with E-state index in [1.807, 2.05) is 24.3 Å². The number of ketones is 1. The number of halogens is 3. The van der Waals surface area contributed by atoms with Crippen LogP contribution in [0.5, 0.6) is 0 Å². The van der Waals surface area contributed by atoms with Gasteiger partial charge < -0.3 is 0 Å². The highest BCUT2D eigenvalue weighted by Crippen LogP contribution is 2.26. The van der Waals surface area contributed by atoms with E-state index in [1.165, 1.54) is 11.8 Å². The number of Topliss-reactive ketones (excluding diaryl/α,β-unsaturated/α-hetero) is 1. The Balaban J connectivity index is 1.96. The molecular weight excluding hydrogens is 379 g/mol.